The molecule has 0 radical (unpaired) electrons. The maximum Gasteiger partial charge on any atom is 0.335 e. The van der Waals surface area contributed by atoms with Gasteiger partial charge in [0.15, 0.2) is 0 Å². The van der Waals surface area contributed by atoms with Gasteiger partial charge in [0.05, 0.1) is 12.0 Å². The van der Waals surface area contributed by atoms with Crippen LogP contribution >= 0.6 is 0 Å². The fourth-order valence-corrected chi connectivity index (χ4v) is 2.49. The maximum atomic E-state index is 11.1. The van der Waals surface area contributed by atoms with Crippen LogP contribution in [0.15, 0.2) is 24.3 Å². The van der Waals surface area contributed by atoms with E-state index in [1.165, 1.54) is 18.2 Å². The minimum Gasteiger partial charge on any atom is -0.489 e. The second-order valence-corrected chi connectivity index (χ2v) is 4.98. The first kappa shape index (κ1) is 15.8. The van der Waals surface area contributed by atoms with E-state index < -0.39 is 36.0 Å². The van der Waals surface area contributed by atoms with Crippen LogP contribution in [0.5, 0.6) is 5.75 Å². The lowest BCUT2D eigenvalue weighted by molar-refractivity contribution is -0.142. The molecule has 0 spiro atoms. The summed E-state index contributed by atoms with van der Waals surface area (Å²) in [6.45, 7) is 0.173. The summed E-state index contributed by atoms with van der Waals surface area (Å²) in [4.78, 5) is 33.0. The predicted molar refractivity (Wildman–Crippen MR) is 73.0 cm³/mol. The van der Waals surface area contributed by atoms with Crippen LogP contribution in [0.3, 0.4) is 0 Å². The summed E-state index contributed by atoms with van der Waals surface area (Å²) in [5, 5.41) is 29.7. The number of aromatic carboxylic acids is 1. The highest BCUT2D eigenvalue weighted by atomic mass is 16.5. The lowest BCUT2D eigenvalue weighted by Crippen LogP contribution is -2.38. The van der Waals surface area contributed by atoms with Crippen molar-refractivity contribution in [3.63, 3.8) is 0 Å². The number of ether oxygens (including phenoxy) is 1. The number of rotatable bonds is 6. The third-order valence-electron chi connectivity index (χ3n) is 3.49. The molecule has 0 saturated carbocycles. The summed E-state index contributed by atoms with van der Waals surface area (Å²) in [5.74, 6) is -3.86. The molecule has 1 aliphatic heterocycles. The van der Waals surface area contributed by atoms with E-state index in [9.17, 15) is 14.4 Å². The van der Waals surface area contributed by atoms with Gasteiger partial charge in [0.1, 0.15) is 17.9 Å². The van der Waals surface area contributed by atoms with E-state index in [-0.39, 0.29) is 24.3 Å². The molecule has 1 aliphatic rings. The zero-order valence-corrected chi connectivity index (χ0v) is 11.4. The van der Waals surface area contributed by atoms with Crippen molar-refractivity contribution < 1.29 is 34.4 Å². The summed E-state index contributed by atoms with van der Waals surface area (Å²) in [5.41, 5.74) is 0.0352. The Bertz CT molecular complexity index is 601. The normalized spacial score (nSPS) is 23.9. The molecule has 8 heteroatoms. The average Bonchev–Trinajstić information content (AvgIpc) is 2.81. The van der Waals surface area contributed by atoms with Gasteiger partial charge in [0, 0.05) is 12.5 Å². The van der Waals surface area contributed by atoms with Crippen LogP contribution in [0.4, 0.5) is 0 Å². The Morgan fingerprint density at radius 1 is 1.23 bits per heavy atom. The first-order valence-electron chi connectivity index (χ1n) is 6.56. The van der Waals surface area contributed by atoms with Crippen molar-refractivity contribution in [3.8, 4) is 5.75 Å². The minimum atomic E-state index is -1.14. The molecule has 8 nitrogen and oxygen atoms in total. The Morgan fingerprint density at radius 3 is 2.55 bits per heavy atom. The van der Waals surface area contributed by atoms with E-state index in [1.807, 2.05) is 0 Å². The maximum absolute atomic E-state index is 11.1. The molecule has 0 aromatic heterocycles. The predicted octanol–water partition coefficient (Wildman–Crippen LogP) is 0.280. The summed E-state index contributed by atoms with van der Waals surface area (Å²) in [6.07, 6.45) is -1.02. The number of hydrogen-bond donors (Lipinski definition) is 4. The highest BCUT2D eigenvalue weighted by molar-refractivity contribution is 5.88. The quantitative estimate of drug-likeness (QED) is 0.589. The second kappa shape index (κ2) is 6.44. The van der Waals surface area contributed by atoms with E-state index in [0.717, 1.165) is 0 Å². The Hall–Kier alpha value is -2.61. The molecule has 1 saturated heterocycles. The smallest absolute Gasteiger partial charge is 0.335 e. The Kier molecular flexibility index (Phi) is 4.62. The molecule has 2 unspecified atom stereocenters. The minimum absolute atomic E-state index is 0.0352. The highest BCUT2D eigenvalue weighted by Crippen LogP contribution is 2.26. The molecule has 118 valence electrons. The van der Waals surface area contributed by atoms with E-state index in [1.54, 1.807) is 6.07 Å². The third kappa shape index (κ3) is 3.53. The van der Waals surface area contributed by atoms with E-state index >= 15 is 0 Å². The number of aliphatic carboxylic acids is 2. The first-order valence-corrected chi connectivity index (χ1v) is 6.56. The van der Waals surface area contributed by atoms with Crippen LogP contribution in [0, 0.1) is 5.92 Å². The van der Waals surface area contributed by atoms with Gasteiger partial charge in [0.2, 0.25) is 0 Å². The standard InChI is InChI=1S/C14H15NO7/c16-11(17)5-9-10(6-15-12(9)14(20)21)22-8-3-1-2-7(4-8)13(18)19/h1-4,9-10,12,15H,5-6H2,(H,16,17)(H,18,19)(H,20,21)/t9-,10?,12?/m0/s1. The molecule has 1 aromatic rings. The number of carboxylic acid groups (broad SMARTS) is 3. The Morgan fingerprint density at radius 2 is 1.95 bits per heavy atom. The van der Waals surface area contributed by atoms with Crippen LogP contribution < -0.4 is 10.1 Å². The van der Waals surface area contributed by atoms with Gasteiger partial charge in [-0.25, -0.2) is 4.79 Å². The number of carboxylic acids is 3. The van der Waals surface area contributed by atoms with Crippen LogP contribution in [-0.2, 0) is 9.59 Å². The molecule has 1 fully saturated rings. The molecule has 1 heterocycles. The van der Waals surface area contributed by atoms with Crippen molar-refractivity contribution in [1.29, 1.82) is 0 Å². The SMILES string of the molecule is O=C(O)C[C@H]1C(Oc2cccc(C(=O)O)c2)CNC1C(=O)O. The first-order chi connectivity index (χ1) is 10.4. The number of benzene rings is 1. The molecular weight excluding hydrogens is 294 g/mol. The molecular formula is C14H15NO7. The molecule has 0 amide bonds. The van der Waals surface area contributed by atoms with Crippen molar-refractivity contribution in [2.45, 2.75) is 18.6 Å². The van der Waals surface area contributed by atoms with Crippen LogP contribution in [0.25, 0.3) is 0 Å². The van der Waals surface area contributed by atoms with Crippen molar-refractivity contribution in [2.75, 3.05) is 6.54 Å². The molecule has 4 N–H and O–H groups in total. The van der Waals surface area contributed by atoms with E-state index in [0.29, 0.717) is 0 Å². The highest BCUT2D eigenvalue weighted by Gasteiger charge is 2.42. The topological polar surface area (TPSA) is 133 Å². The third-order valence-corrected chi connectivity index (χ3v) is 3.49. The Labute approximate surface area is 125 Å². The van der Waals surface area contributed by atoms with Gasteiger partial charge in [-0.05, 0) is 18.2 Å². The van der Waals surface area contributed by atoms with Crippen LogP contribution in [0.2, 0.25) is 0 Å². The van der Waals surface area contributed by atoms with Gasteiger partial charge >= 0.3 is 17.9 Å². The van der Waals surface area contributed by atoms with Gasteiger partial charge in [-0.2, -0.15) is 0 Å². The summed E-state index contributed by atoms with van der Waals surface area (Å²) >= 11 is 0. The summed E-state index contributed by atoms with van der Waals surface area (Å²) < 4.78 is 5.61. The molecule has 0 aliphatic carbocycles. The van der Waals surface area contributed by atoms with E-state index in [4.69, 9.17) is 20.1 Å². The van der Waals surface area contributed by atoms with E-state index in [2.05, 4.69) is 5.32 Å². The van der Waals surface area contributed by atoms with Gasteiger partial charge in [-0.15, -0.1) is 0 Å². The fraction of sp³-hybridized carbons (Fsp3) is 0.357. The zero-order chi connectivity index (χ0) is 16.3. The largest absolute Gasteiger partial charge is 0.489 e. The van der Waals surface area contributed by atoms with Crippen molar-refractivity contribution in [2.24, 2.45) is 5.92 Å². The molecule has 1 aromatic carbocycles. The number of nitrogens with one attached hydrogen (secondary N) is 1. The van der Waals surface area contributed by atoms with Crippen molar-refractivity contribution >= 4 is 17.9 Å². The van der Waals surface area contributed by atoms with Crippen LogP contribution in [-0.4, -0.2) is 51.9 Å². The van der Waals surface area contributed by atoms with Gasteiger partial charge in [-0.1, -0.05) is 6.07 Å². The average molecular weight is 309 g/mol. The zero-order valence-electron chi connectivity index (χ0n) is 11.4. The van der Waals surface area contributed by atoms with Gasteiger partial charge in [-0.3, -0.25) is 9.59 Å². The molecule has 2 rings (SSSR count). The lowest BCUT2D eigenvalue weighted by atomic mass is 9.94. The lowest BCUT2D eigenvalue weighted by Gasteiger charge is -2.21. The summed E-state index contributed by atoms with van der Waals surface area (Å²) in [6, 6.07) is 4.75. The van der Waals surface area contributed by atoms with Gasteiger partial charge < -0.3 is 25.4 Å². The van der Waals surface area contributed by atoms with Crippen molar-refractivity contribution in [1.82, 2.24) is 5.32 Å². The van der Waals surface area contributed by atoms with Gasteiger partial charge in [0.25, 0.3) is 0 Å². The fourth-order valence-electron chi connectivity index (χ4n) is 2.49. The second-order valence-electron chi connectivity index (χ2n) is 4.98. The van der Waals surface area contributed by atoms with Crippen molar-refractivity contribution in [3.05, 3.63) is 29.8 Å². The summed E-state index contributed by atoms with van der Waals surface area (Å²) in [7, 11) is 0. The molecule has 3 atom stereocenters. The molecule has 0 bridgehead atoms. The Balaban J connectivity index is 2.16. The number of hydrogen-bond acceptors (Lipinski definition) is 5. The number of carbonyl (C=O) groups is 3. The molecule has 22 heavy (non-hydrogen) atoms. The monoisotopic (exact) mass is 309 g/mol. The van der Waals surface area contributed by atoms with Crippen LogP contribution in [0.1, 0.15) is 16.8 Å².